The van der Waals surface area contributed by atoms with Crippen molar-refractivity contribution in [1.29, 1.82) is 0 Å². The predicted octanol–water partition coefficient (Wildman–Crippen LogP) is 6.59. The lowest BCUT2D eigenvalue weighted by molar-refractivity contribution is 0.308. The van der Waals surface area contributed by atoms with E-state index in [1.165, 1.54) is 70.6 Å². The molecule has 0 aliphatic heterocycles. The van der Waals surface area contributed by atoms with Crippen molar-refractivity contribution in [3.05, 3.63) is 0 Å². The van der Waals surface area contributed by atoms with Gasteiger partial charge in [-0.2, -0.15) is 0 Å². The van der Waals surface area contributed by atoms with Gasteiger partial charge >= 0.3 is 0 Å². The van der Waals surface area contributed by atoms with Crippen LogP contribution in [0.1, 0.15) is 98.3 Å². The molecule has 0 aromatic rings. The summed E-state index contributed by atoms with van der Waals surface area (Å²) >= 11 is 0. The zero-order chi connectivity index (χ0) is 12.9. The number of hydrogen-bond acceptors (Lipinski definition) is 0. The normalized spacial score (nSPS) is 28.2. The van der Waals surface area contributed by atoms with Crippen molar-refractivity contribution in [2.75, 3.05) is 0 Å². The Morgan fingerprint density at radius 2 is 0.765 bits per heavy atom. The fourth-order valence-corrected chi connectivity index (χ4v) is 1.43. The van der Waals surface area contributed by atoms with E-state index >= 15 is 0 Å². The molecule has 0 heteroatoms. The molecule has 0 radical (unpaired) electrons. The van der Waals surface area contributed by atoms with Crippen molar-refractivity contribution >= 4 is 0 Å². The maximum atomic E-state index is 2.37. The Morgan fingerprint density at radius 1 is 0.588 bits per heavy atom. The molecule has 0 aromatic carbocycles. The molecule has 3 fully saturated rings. The molecule has 0 spiro atoms. The second-order valence-electron chi connectivity index (χ2n) is 6.19. The molecule has 0 saturated heterocycles. The van der Waals surface area contributed by atoms with E-state index in [9.17, 15) is 0 Å². The van der Waals surface area contributed by atoms with Crippen molar-refractivity contribution in [3.8, 4) is 0 Å². The van der Waals surface area contributed by atoms with E-state index in [1.54, 1.807) is 0 Å². The lowest BCUT2D eigenvalue weighted by Gasteiger charge is -2.22. The summed E-state index contributed by atoms with van der Waals surface area (Å²) in [4.78, 5) is 0. The molecule has 0 bridgehead atoms. The van der Waals surface area contributed by atoms with Crippen LogP contribution in [0.2, 0.25) is 0 Å². The topological polar surface area (TPSA) is 0 Å². The van der Waals surface area contributed by atoms with Crippen LogP contribution in [0.4, 0.5) is 0 Å². The molecule has 3 aliphatic rings. The first-order valence-corrected chi connectivity index (χ1v) is 8.20. The Bertz CT molecular complexity index is 105. The molecule has 3 saturated carbocycles. The Balaban J connectivity index is 0.000000234. The third kappa shape index (κ3) is 21.8. The van der Waals surface area contributed by atoms with Crippen molar-refractivity contribution in [2.45, 2.75) is 98.3 Å². The second-order valence-corrected chi connectivity index (χ2v) is 6.19. The first-order chi connectivity index (χ1) is 8.20. The van der Waals surface area contributed by atoms with Crippen LogP contribution < -0.4 is 0 Å². The lowest BCUT2D eigenvalue weighted by atomic mass is 9.84. The van der Waals surface area contributed by atoms with Gasteiger partial charge in [0.25, 0.3) is 0 Å². The molecular formula is C17H36. The van der Waals surface area contributed by atoms with Gasteiger partial charge in [-0.1, -0.05) is 98.3 Å². The maximum absolute atomic E-state index is 2.37. The van der Waals surface area contributed by atoms with Crippen LogP contribution in [0, 0.1) is 11.8 Å². The van der Waals surface area contributed by atoms with E-state index in [-0.39, 0.29) is 0 Å². The van der Waals surface area contributed by atoms with Crippen LogP contribution in [0.5, 0.6) is 0 Å². The Morgan fingerprint density at radius 3 is 0.882 bits per heavy atom. The summed E-state index contributed by atoms with van der Waals surface area (Å²) in [5, 5.41) is 0. The highest BCUT2D eigenvalue weighted by molar-refractivity contribution is 4.65. The number of rotatable bonds is 0. The summed E-state index contributed by atoms with van der Waals surface area (Å²) in [7, 11) is 0. The molecule has 104 valence electrons. The molecule has 0 N–H and O–H groups in total. The monoisotopic (exact) mass is 240 g/mol. The van der Waals surface area contributed by atoms with E-state index < -0.39 is 0 Å². The van der Waals surface area contributed by atoms with Crippen molar-refractivity contribution in [1.82, 2.24) is 0 Å². The van der Waals surface area contributed by atoms with Gasteiger partial charge in [0.1, 0.15) is 0 Å². The van der Waals surface area contributed by atoms with Crippen molar-refractivity contribution in [3.63, 3.8) is 0 Å². The first-order valence-electron chi connectivity index (χ1n) is 8.20. The van der Waals surface area contributed by atoms with Crippen LogP contribution in [0.25, 0.3) is 0 Å². The third-order valence-electron chi connectivity index (χ3n) is 3.01. The van der Waals surface area contributed by atoms with E-state index in [4.69, 9.17) is 0 Å². The van der Waals surface area contributed by atoms with Crippen LogP contribution in [-0.4, -0.2) is 0 Å². The van der Waals surface area contributed by atoms with Gasteiger partial charge in [-0.05, 0) is 11.8 Å². The molecule has 0 unspecified atom stereocenters. The van der Waals surface area contributed by atoms with Gasteiger partial charge in [-0.25, -0.2) is 0 Å². The van der Waals surface area contributed by atoms with Crippen LogP contribution in [0.3, 0.4) is 0 Å². The van der Waals surface area contributed by atoms with Gasteiger partial charge in [0.05, 0.1) is 0 Å². The van der Waals surface area contributed by atoms with Crippen LogP contribution in [0.15, 0.2) is 0 Å². The molecule has 0 amide bonds. The molecule has 17 heavy (non-hydrogen) atoms. The second kappa shape index (κ2) is 12.5. The summed E-state index contributed by atoms with van der Waals surface area (Å²) in [6.07, 6.45) is 16.1. The minimum Gasteiger partial charge on any atom is -0.0656 e. The zero-order valence-corrected chi connectivity index (χ0v) is 12.9. The molecule has 0 nitrogen and oxygen atoms in total. The Hall–Kier alpha value is 0. The zero-order valence-electron chi connectivity index (χ0n) is 12.9. The van der Waals surface area contributed by atoms with Gasteiger partial charge in [0.15, 0.2) is 0 Å². The molecular weight excluding hydrogens is 204 g/mol. The summed E-state index contributed by atoms with van der Waals surface area (Å²) in [5.74, 6) is 2.04. The SMILES string of the molecule is C1CC1.C1CC1.CC1CCC(C)CC1.CCC. The van der Waals surface area contributed by atoms with Crippen molar-refractivity contribution in [2.24, 2.45) is 11.8 Å². The van der Waals surface area contributed by atoms with Gasteiger partial charge in [0, 0.05) is 0 Å². The average Bonchev–Trinajstić information content (AvgIpc) is 3.16. The molecule has 3 aliphatic carbocycles. The molecule has 3 rings (SSSR count). The fourth-order valence-electron chi connectivity index (χ4n) is 1.43. The average molecular weight is 240 g/mol. The highest BCUT2D eigenvalue weighted by atomic mass is 14.2. The fraction of sp³-hybridized carbons (Fsp3) is 1.00. The summed E-state index contributed by atoms with van der Waals surface area (Å²) in [6, 6.07) is 0. The van der Waals surface area contributed by atoms with Gasteiger partial charge in [-0.15, -0.1) is 0 Å². The Kier molecular flexibility index (Phi) is 12.5. The summed E-state index contributed by atoms with van der Waals surface area (Å²) in [5.41, 5.74) is 0. The highest BCUT2D eigenvalue weighted by Crippen LogP contribution is 2.27. The van der Waals surface area contributed by atoms with Gasteiger partial charge in [0.2, 0.25) is 0 Å². The van der Waals surface area contributed by atoms with E-state index in [0.29, 0.717) is 0 Å². The smallest absolute Gasteiger partial charge is 0.0443 e. The Labute approximate surface area is 111 Å². The van der Waals surface area contributed by atoms with Gasteiger partial charge < -0.3 is 0 Å². The van der Waals surface area contributed by atoms with E-state index in [0.717, 1.165) is 11.8 Å². The quantitative estimate of drug-likeness (QED) is 0.448. The largest absolute Gasteiger partial charge is 0.0656 e. The first kappa shape index (κ1) is 17.0. The standard InChI is InChI=1S/C8H16.2C3H6.C3H8/c1-7-3-5-8(2)6-4-7;2*1-2-3-1;1-3-2/h7-8H,3-6H2,1-2H3;2*1-3H2;3H2,1-2H3. The number of hydrogen-bond donors (Lipinski definition) is 0. The van der Waals surface area contributed by atoms with Gasteiger partial charge in [-0.3, -0.25) is 0 Å². The molecule has 0 aromatic heterocycles. The summed E-state index contributed by atoms with van der Waals surface area (Å²) in [6.45, 7) is 8.98. The summed E-state index contributed by atoms with van der Waals surface area (Å²) < 4.78 is 0. The van der Waals surface area contributed by atoms with E-state index in [1.807, 2.05) is 0 Å². The minimum absolute atomic E-state index is 1.02. The van der Waals surface area contributed by atoms with Crippen LogP contribution >= 0.6 is 0 Å². The van der Waals surface area contributed by atoms with Crippen molar-refractivity contribution < 1.29 is 0 Å². The van der Waals surface area contributed by atoms with E-state index in [2.05, 4.69) is 27.7 Å². The predicted molar refractivity (Wildman–Crippen MR) is 80.5 cm³/mol. The minimum atomic E-state index is 1.02. The molecule has 0 atom stereocenters. The highest BCUT2D eigenvalue weighted by Gasteiger charge is 2.13. The van der Waals surface area contributed by atoms with Crippen LogP contribution in [-0.2, 0) is 0 Å². The third-order valence-corrected chi connectivity index (χ3v) is 3.01. The lowest BCUT2D eigenvalue weighted by Crippen LogP contribution is -2.08. The molecule has 0 heterocycles. The maximum Gasteiger partial charge on any atom is -0.0443 e.